The van der Waals surface area contributed by atoms with Crippen molar-refractivity contribution in [2.75, 3.05) is 7.05 Å². The predicted molar refractivity (Wildman–Crippen MR) is 90.8 cm³/mol. The van der Waals surface area contributed by atoms with Crippen LogP contribution in [0.25, 0.3) is 5.69 Å². The van der Waals surface area contributed by atoms with E-state index in [2.05, 4.69) is 5.10 Å². The van der Waals surface area contributed by atoms with Crippen molar-refractivity contribution in [2.45, 2.75) is 6.54 Å². The molecule has 0 aliphatic rings. The number of aromatic nitrogens is 2. The summed E-state index contributed by atoms with van der Waals surface area (Å²) in [5.41, 5.74) is 2.28. The fourth-order valence-corrected chi connectivity index (χ4v) is 2.62. The van der Waals surface area contributed by atoms with E-state index in [0.717, 1.165) is 11.3 Å². The molecule has 1 aromatic heterocycles. The number of carbonyl (C=O) groups excluding carboxylic acids is 1. The summed E-state index contributed by atoms with van der Waals surface area (Å²) in [5, 5.41) is 4.87. The van der Waals surface area contributed by atoms with E-state index in [0.29, 0.717) is 17.1 Å². The Balaban J connectivity index is 1.88. The van der Waals surface area contributed by atoms with Crippen molar-refractivity contribution in [3.05, 3.63) is 83.1 Å². The zero-order valence-electron chi connectivity index (χ0n) is 12.7. The molecule has 0 N–H and O–H groups in total. The first-order valence-corrected chi connectivity index (χ1v) is 7.62. The van der Waals surface area contributed by atoms with Gasteiger partial charge in [0.1, 0.15) is 0 Å². The molecule has 3 rings (SSSR count). The summed E-state index contributed by atoms with van der Waals surface area (Å²) >= 11 is 6.18. The van der Waals surface area contributed by atoms with E-state index in [1.54, 1.807) is 22.8 Å². The maximum absolute atomic E-state index is 12.8. The Morgan fingerprint density at radius 3 is 2.61 bits per heavy atom. The van der Waals surface area contributed by atoms with Crippen molar-refractivity contribution in [1.29, 1.82) is 0 Å². The van der Waals surface area contributed by atoms with E-state index in [1.807, 2.05) is 60.8 Å². The van der Waals surface area contributed by atoms with Crippen LogP contribution in [-0.2, 0) is 6.54 Å². The highest BCUT2D eigenvalue weighted by Gasteiger charge is 2.17. The van der Waals surface area contributed by atoms with E-state index in [9.17, 15) is 4.79 Å². The SMILES string of the molecule is CN(Cc1ccccc1Cl)C(=O)c1ccccc1-n1cccn1. The van der Waals surface area contributed by atoms with Crippen molar-refractivity contribution in [3.8, 4) is 5.69 Å². The minimum Gasteiger partial charge on any atom is -0.337 e. The second-order valence-corrected chi connectivity index (χ2v) is 5.63. The molecule has 0 radical (unpaired) electrons. The molecule has 0 unspecified atom stereocenters. The Labute approximate surface area is 139 Å². The number of hydrogen-bond donors (Lipinski definition) is 0. The molecule has 2 aromatic carbocycles. The topological polar surface area (TPSA) is 38.1 Å². The average Bonchev–Trinajstić information content (AvgIpc) is 3.10. The van der Waals surface area contributed by atoms with Gasteiger partial charge in [0.25, 0.3) is 5.91 Å². The van der Waals surface area contributed by atoms with Crippen molar-refractivity contribution in [3.63, 3.8) is 0 Å². The highest BCUT2D eigenvalue weighted by Crippen LogP contribution is 2.19. The van der Waals surface area contributed by atoms with Crippen LogP contribution in [0.3, 0.4) is 0 Å². The van der Waals surface area contributed by atoms with Crippen LogP contribution >= 0.6 is 11.6 Å². The van der Waals surface area contributed by atoms with E-state index >= 15 is 0 Å². The first-order chi connectivity index (χ1) is 11.2. The van der Waals surface area contributed by atoms with Crippen LogP contribution in [0.15, 0.2) is 67.0 Å². The van der Waals surface area contributed by atoms with Crippen molar-refractivity contribution in [2.24, 2.45) is 0 Å². The summed E-state index contributed by atoms with van der Waals surface area (Å²) in [7, 11) is 1.77. The molecule has 1 heterocycles. The first kappa shape index (κ1) is 15.3. The number of amides is 1. The molecular weight excluding hydrogens is 310 g/mol. The van der Waals surface area contributed by atoms with Gasteiger partial charge in [-0.25, -0.2) is 4.68 Å². The molecule has 0 aliphatic heterocycles. The lowest BCUT2D eigenvalue weighted by atomic mass is 10.1. The van der Waals surface area contributed by atoms with Gasteiger partial charge in [0.2, 0.25) is 0 Å². The zero-order valence-corrected chi connectivity index (χ0v) is 13.4. The quantitative estimate of drug-likeness (QED) is 0.732. The van der Waals surface area contributed by atoms with Gasteiger partial charge < -0.3 is 4.90 Å². The van der Waals surface area contributed by atoms with Crippen LogP contribution in [0.5, 0.6) is 0 Å². The Kier molecular flexibility index (Phi) is 4.44. The normalized spacial score (nSPS) is 10.5. The molecule has 0 spiro atoms. The van der Waals surface area contributed by atoms with Crippen LogP contribution in [-0.4, -0.2) is 27.6 Å². The molecule has 0 bridgehead atoms. The third kappa shape index (κ3) is 3.27. The fourth-order valence-electron chi connectivity index (χ4n) is 2.43. The van der Waals surface area contributed by atoms with Crippen LogP contribution in [0, 0.1) is 0 Å². The fraction of sp³-hybridized carbons (Fsp3) is 0.111. The summed E-state index contributed by atoms with van der Waals surface area (Å²) in [5.74, 6) is -0.0731. The van der Waals surface area contributed by atoms with Crippen molar-refractivity contribution < 1.29 is 4.79 Å². The van der Waals surface area contributed by atoms with Gasteiger partial charge in [-0.05, 0) is 29.8 Å². The molecule has 3 aromatic rings. The molecule has 4 nitrogen and oxygen atoms in total. The van der Waals surface area contributed by atoms with Crippen LogP contribution < -0.4 is 0 Å². The van der Waals surface area contributed by atoms with Gasteiger partial charge in [-0.15, -0.1) is 0 Å². The van der Waals surface area contributed by atoms with Gasteiger partial charge in [-0.1, -0.05) is 41.9 Å². The molecule has 0 atom stereocenters. The van der Waals surface area contributed by atoms with E-state index in [4.69, 9.17) is 11.6 Å². The highest BCUT2D eigenvalue weighted by atomic mass is 35.5. The monoisotopic (exact) mass is 325 g/mol. The van der Waals surface area contributed by atoms with E-state index < -0.39 is 0 Å². The second-order valence-electron chi connectivity index (χ2n) is 5.22. The third-order valence-corrected chi connectivity index (χ3v) is 3.97. The van der Waals surface area contributed by atoms with Gasteiger partial charge >= 0.3 is 0 Å². The molecule has 0 saturated heterocycles. The largest absolute Gasteiger partial charge is 0.337 e. The number of nitrogens with zero attached hydrogens (tertiary/aromatic N) is 3. The molecule has 0 aliphatic carbocycles. The summed E-state index contributed by atoms with van der Waals surface area (Å²) in [6.45, 7) is 0.450. The first-order valence-electron chi connectivity index (χ1n) is 7.25. The standard InChI is InChI=1S/C18H16ClN3O/c1-21(13-14-7-2-4-9-16(14)19)18(23)15-8-3-5-10-17(15)22-12-6-11-20-22/h2-12H,13H2,1H3. The van der Waals surface area contributed by atoms with Crippen LogP contribution in [0.2, 0.25) is 5.02 Å². The maximum atomic E-state index is 12.8. The lowest BCUT2D eigenvalue weighted by molar-refractivity contribution is 0.0785. The molecule has 0 fully saturated rings. The number of halogens is 1. The van der Waals surface area contributed by atoms with Gasteiger partial charge in [0, 0.05) is 31.0 Å². The zero-order chi connectivity index (χ0) is 16.2. The second kappa shape index (κ2) is 6.67. The third-order valence-electron chi connectivity index (χ3n) is 3.60. The molecular formula is C18H16ClN3O. The number of hydrogen-bond acceptors (Lipinski definition) is 2. The summed E-state index contributed by atoms with van der Waals surface area (Å²) in [6, 6.07) is 16.8. The van der Waals surface area contributed by atoms with E-state index in [-0.39, 0.29) is 5.91 Å². The minimum absolute atomic E-state index is 0.0731. The Morgan fingerprint density at radius 1 is 1.13 bits per heavy atom. The number of benzene rings is 2. The smallest absolute Gasteiger partial charge is 0.256 e. The van der Waals surface area contributed by atoms with Crippen LogP contribution in [0.1, 0.15) is 15.9 Å². The lowest BCUT2D eigenvalue weighted by Crippen LogP contribution is -2.27. The average molecular weight is 326 g/mol. The molecule has 23 heavy (non-hydrogen) atoms. The van der Waals surface area contributed by atoms with Crippen molar-refractivity contribution in [1.82, 2.24) is 14.7 Å². The van der Waals surface area contributed by atoms with Gasteiger partial charge in [0.05, 0.1) is 11.3 Å². The van der Waals surface area contributed by atoms with Gasteiger partial charge in [-0.3, -0.25) is 4.79 Å². The summed E-state index contributed by atoms with van der Waals surface area (Å²) in [6.07, 6.45) is 3.51. The maximum Gasteiger partial charge on any atom is 0.256 e. The molecule has 116 valence electrons. The Hall–Kier alpha value is -2.59. The Bertz CT molecular complexity index is 815. The minimum atomic E-state index is -0.0731. The summed E-state index contributed by atoms with van der Waals surface area (Å²) in [4.78, 5) is 14.5. The van der Waals surface area contributed by atoms with E-state index in [1.165, 1.54) is 0 Å². The molecule has 5 heteroatoms. The molecule has 1 amide bonds. The molecule has 0 saturated carbocycles. The van der Waals surface area contributed by atoms with Gasteiger partial charge in [0.15, 0.2) is 0 Å². The number of rotatable bonds is 4. The lowest BCUT2D eigenvalue weighted by Gasteiger charge is -2.19. The summed E-state index contributed by atoms with van der Waals surface area (Å²) < 4.78 is 1.69. The predicted octanol–water partition coefficient (Wildman–Crippen LogP) is 3.80. The number of para-hydroxylation sites is 1. The highest BCUT2D eigenvalue weighted by molar-refractivity contribution is 6.31. The Morgan fingerprint density at radius 2 is 1.87 bits per heavy atom. The van der Waals surface area contributed by atoms with Gasteiger partial charge in [-0.2, -0.15) is 5.10 Å². The van der Waals surface area contributed by atoms with Crippen molar-refractivity contribution >= 4 is 17.5 Å². The number of carbonyl (C=O) groups is 1. The van der Waals surface area contributed by atoms with Crippen LogP contribution in [0.4, 0.5) is 0 Å².